The Morgan fingerprint density at radius 2 is 1.75 bits per heavy atom. The van der Waals surface area contributed by atoms with Crippen LogP contribution in [0.25, 0.3) is 6.08 Å². The summed E-state index contributed by atoms with van der Waals surface area (Å²) < 4.78 is 5.41. The van der Waals surface area contributed by atoms with E-state index in [1.54, 1.807) is 36.4 Å². The second-order valence-corrected chi connectivity index (χ2v) is 8.68. The number of benzene rings is 3. The molecule has 0 saturated carbocycles. The van der Waals surface area contributed by atoms with E-state index in [1.807, 2.05) is 30.3 Å². The summed E-state index contributed by atoms with van der Waals surface area (Å²) in [5.41, 5.74) is 1.66. The van der Waals surface area contributed by atoms with E-state index in [-0.39, 0.29) is 34.0 Å². The molecule has 160 valence electrons. The minimum Gasteiger partial charge on any atom is -0.423 e. The van der Waals surface area contributed by atoms with Crippen LogP contribution in [0.1, 0.15) is 21.5 Å². The number of rotatable bonds is 5. The van der Waals surface area contributed by atoms with Crippen LogP contribution >= 0.6 is 35.0 Å². The van der Waals surface area contributed by atoms with Gasteiger partial charge in [-0.3, -0.25) is 14.5 Å². The Morgan fingerprint density at radius 1 is 0.969 bits per heavy atom. The van der Waals surface area contributed by atoms with Crippen molar-refractivity contribution in [2.75, 3.05) is 0 Å². The summed E-state index contributed by atoms with van der Waals surface area (Å²) in [6, 6.07) is 20.4. The maximum Gasteiger partial charge on any atom is 0.345 e. The van der Waals surface area contributed by atoms with Crippen molar-refractivity contribution in [1.82, 2.24) is 4.90 Å². The molecule has 32 heavy (non-hydrogen) atoms. The Morgan fingerprint density at radius 3 is 2.50 bits per heavy atom. The second kappa shape index (κ2) is 9.61. The van der Waals surface area contributed by atoms with Crippen molar-refractivity contribution in [2.24, 2.45) is 0 Å². The fourth-order valence-corrected chi connectivity index (χ4v) is 4.36. The Kier molecular flexibility index (Phi) is 6.65. The van der Waals surface area contributed by atoms with Crippen molar-refractivity contribution in [2.45, 2.75) is 6.54 Å². The van der Waals surface area contributed by atoms with Crippen molar-refractivity contribution in [3.8, 4) is 5.75 Å². The fourth-order valence-electron chi connectivity index (χ4n) is 3.04. The van der Waals surface area contributed by atoms with Crippen LogP contribution in [0.15, 0.2) is 77.7 Å². The molecule has 1 saturated heterocycles. The highest BCUT2D eigenvalue weighted by molar-refractivity contribution is 8.18. The SMILES string of the molecule is O=C(Oc1cccc(/C=C2\SC(=O)N(Cc3ccccc3)C2=O)c1)c1ccc(Cl)cc1Cl. The maximum atomic E-state index is 12.7. The molecule has 0 radical (unpaired) electrons. The van der Waals surface area contributed by atoms with Gasteiger partial charge in [-0.2, -0.15) is 0 Å². The van der Waals surface area contributed by atoms with Gasteiger partial charge in [-0.05, 0) is 59.3 Å². The van der Waals surface area contributed by atoms with Crippen molar-refractivity contribution in [3.05, 3.63) is 104 Å². The van der Waals surface area contributed by atoms with Crippen LogP contribution in [-0.4, -0.2) is 22.0 Å². The van der Waals surface area contributed by atoms with Crippen molar-refractivity contribution < 1.29 is 19.1 Å². The minimum absolute atomic E-state index is 0.184. The summed E-state index contributed by atoms with van der Waals surface area (Å²) in [4.78, 5) is 39.0. The standard InChI is InChI=1S/C24H15Cl2NO4S/c25-17-9-10-19(20(26)13-17)23(29)31-18-8-4-7-16(11-18)12-21-22(28)27(24(30)32-21)14-15-5-2-1-3-6-15/h1-13H,14H2/b21-12-. The quantitative estimate of drug-likeness (QED) is 0.237. The average molecular weight is 484 g/mol. The van der Waals surface area contributed by atoms with E-state index in [1.165, 1.54) is 17.0 Å². The lowest BCUT2D eigenvalue weighted by molar-refractivity contribution is -0.123. The molecule has 1 aliphatic rings. The normalized spacial score (nSPS) is 14.8. The molecular weight excluding hydrogens is 469 g/mol. The molecule has 0 N–H and O–H groups in total. The first-order valence-corrected chi connectivity index (χ1v) is 11.0. The lowest BCUT2D eigenvalue weighted by Crippen LogP contribution is -2.27. The van der Waals surface area contributed by atoms with Gasteiger partial charge in [0.2, 0.25) is 0 Å². The molecule has 1 heterocycles. The van der Waals surface area contributed by atoms with Crippen molar-refractivity contribution >= 4 is 58.2 Å². The first kappa shape index (κ1) is 22.1. The number of hydrogen-bond donors (Lipinski definition) is 0. The lowest BCUT2D eigenvalue weighted by Gasteiger charge is -2.12. The van der Waals surface area contributed by atoms with Crippen LogP contribution in [0, 0.1) is 0 Å². The number of amides is 2. The van der Waals surface area contributed by atoms with E-state index >= 15 is 0 Å². The van der Waals surface area contributed by atoms with Crippen LogP contribution in [0.4, 0.5) is 4.79 Å². The van der Waals surface area contributed by atoms with Gasteiger partial charge in [-0.15, -0.1) is 0 Å². The fraction of sp³-hybridized carbons (Fsp3) is 0.0417. The average Bonchev–Trinajstić information content (AvgIpc) is 3.02. The number of carbonyl (C=O) groups excluding carboxylic acids is 3. The molecule has 8 heteroatoms. The molecule has 0 aliphatic carbocycles. The van der Waals surface area contributed by atoms with Gasteiger partial charge in [0.1, 0.15) is 5.75 Å². The molecule has 2 amide bonds. The number of ether oxygens (including phenoxy) is 1. The number of carbonyl (C=O) groups is 3. The molecular formula is C24H15Cl2NO4S. The van der Waals surface area contributed by atoms with Crippen LogP contribution in [0.3, 0.4) is 0 Å². The Balaban J connectivity index is 1.50. The molecule has 3 aromatic rings. The number of hydrogen-bond acceptors (Lipinski definition) is 5. The number of imide groups is 1. The van der Waals surface area contributed by atoms with E-state index in [0.29, 0.717) is 15.5 Å². The third-order valence-corrected chi connectivity index (χ3v) is 6.03. The number of thioether (sulfide) groups is 1. The monoisotopic (exact) mass is 483 g/mol. The predicted octanol–water partition coefficient (Wildman–Crippen LogP) is 6.45. The molecule has 0 unspecified atom stereocenters. The summed E-state index contributed by atoms with van der Waals surface area (Å²) in [5.74, 6) is -0.718. The first-order chi connectivity index (χ1) is 15.4. The van der Waals surface area contributed by atoms with Gasteiger partial charge in [-0.25, -0.2) is 4.79 Å². The molecule has 3 aromatic carbocycles. The van der Waals surface area contributed by atoms with Gasteiger partial charge in [0.15, 0.2) is 0 Å². The molecule has 0 bridgehead atoms. The molecule has 1 fully saturated rings. The topological polar surface area (TPSA) is 63.7 Å². The molecule has 0 atom stereocenters. The second-order valence-electron chi connectivity index (χ2n) is 6.84. The lowest BCUT2D eigenvalue weighted by atomic mass is 10.2. The third-order valence-electron chi connectivity index (χ3n) is 4.57. The number of esters is 1. The van der Waals surface area contributed by atoms with E-state index in [0.717, 1.165) is 17.3 Å². The number of halogens is 2. The largest absolute Gasteiger partial charge is 0.423 e. The van der Waals surface area contributed by atoms with E-state index in [2.05, 4.69) is 0 Å². The van der Waals surface area contributed by atoms with Crippen LogP contribution < -0.4 is 4.74 Å². The van der Waals surface area contributed by atoms with Gasteiger partial charge >= 0.3 is 5.97 Å². The van der Waals surface area contributed by atoms with Crippen molar-refractivity contribution in [1.29, 1.82) is 0 Å². The van der Waals surface area contributed by atoms with Gasteiger partial charge in [-0.1, -0.05) is 65.7 Å². The third kappa shape index (κ3) is 5.05. The molecule has 1 aliphatic heterocycles. The predicted molar refractivity (Wildman–Crippen MR) is 126 cm³/mol. The summed E-state index contributed by atoms with van der Waals surface area (Å²) >= 11 is 12.8. The smallest absolute Gasteiger partial charge is 0.345 e. The van der Waals surface area contributed by atoms with Crippen LogP contribution in [0.2, 0.25) is 10.0 Å². The van der Waals surface area contributed by atoms with Crippen LogP contribution in [0.5, 0.6) is 5.75 Å². The summed E-state index contributed by atoms with van der Waals surface area (Å²) in [6.45, 7) is 0.211. The van der Waals surface area contributed by atoms with Crippen molar-refractivity contribution in [3.63, 3.8) is 0 Å². The van der Waals surface area contributed by atoms with Crippen LogP contribution in [-0.2, 0) is 11.3 Å². The molecule has 0 aromatic heterocycles. The highest BCUT2D eigenvalue weighted by atomic mass is 35.5. The van der Waals surface area contributed by atoms with Gasteiger partial charge < -0.3 is 4.74 Å². The molecule has 4 rings (SSSR count). The van der Waals surface area contributed by atoms with E-state index in [9.17, 15) is 14.4 Å². The highest BCUT2D eigenvalue weighted by Crippen LogP contribution is 2.33. The Hall–Kier alpha value is -3.06. The number of nitrogens with zero attached hydrogens (tertiary/aromatic N) is 1. The first-order valence-electron chi connectivity index (χ1n) is 9.47. The molecule has 0 spiro atoms. The summed E-state index contributed by atoms with van der Waals surface area (Å²) in [5, 5.41) is 0.269. The Labute approximate surface area is 198 Å². The van der Waals surface area contributed by atoms with Gasteiger partial charge in [0.25, 0.3) is 11.1 Å². The summed E-state index contributed by atoms with van der Waals surface area (Å²) in [7, 11) is 0. The highest BCUT2D eigenvalue weighted by Gasteiger charge is 2.34. The zero-order chi connectivity index (χ0) is 22.7. The van der Waals surface area contributed by atoms with E-state index in [4.69, 9.17) is 27.9 Å². The molecule has 5 nitrogen and oxygen atoms in total. The Bertz CT molecular complexity index is 1240. The maximum absolute atomic E-state index is 12.7. The van der Waals surface area contributed by atoms with Gasteiger partial charge in [0, 0.05) is 5.02 Å². The zero-order valence-electron chi connectivity index (χ0n) is 16.5. The van der Waals surface area contributed by atoms with Gasteiger partial charge in [0.05, 0.1) is 22.0 Å². The minimum atomic E-state index is -0.632. The van der Waals surface area contributed by atoms with E-state index < -0.39 is 5.97 Å². The zero-order valence-corrected chi connectivity index (χ0v) is 18.8. The summed E-state index contributed by atoms with van der Waals surface area (Å²) in [6.07, 6.45) is 1.60.